The molecule has 21 heavy (non-hydrogen) atoms. The van der Waals surface area contributed by atoms with Gasteiger partial charge in [0, 0.05) is 42.8 Å². The van der Waals surface area contributed by atoms with Crippen molar-refractivity contribution in [3.05, 3.63) is 17.8 Å². The monoisotopic (exact) mass is 306 g/mol. The zero-order valence-electron chi connectivity index (χ0n) is 13.3. The van der Waals surface area contributed by atoms with Crippen LogP contribution in [0, 0.1) is 5.92 Å². The first-order chi connectivity index (χ1) is 10.0. The first-order valence-electron chi connectivity index (χ1n) is 7.92. The van der Waals surface area contributed by atoms with Crippen molar-refractivity contribution in [2.24, 2.45) is 5.92 Å². The summed E-state index contributed by atoms with van der Waals surface area (Å²) in [6, 6.07) is 4.98. The molecule has 2 aliphatic rings. The third-order valence-corrected chi connectivity index (χ3v) is 5.49. The summed E-state index contributed by atoms with van der Waals surface area (Å²) in [4.78, 5) is 2.33. The summed E-state index contributed by atoms with van der Waals surface area (Å²) in [6.07, 6.45) is 1.33. The van der Waals surface area contributed by atoms with Crippen LogP contribution < -0.4 is 10.2 Å². The highest BCUT2D eigenvalue weighted by Gasteiger charge is 2.29. The maximum atomic E-state index is 4.39. The minimum absolute atomic E-state index is 0.0756. The molecule has 2 saturated heterocycles. The van der Waals surface area contributed by atoms with Gasteiger partial charge in [0.15, 0.2) is 5.82 Å². The van der Waals surface area contributed by atoms with E-state index in [0.717, 1.165) is 43.1 Å². The molecule has 0 spiro atoms. The molecule has 1 atom stereocenters. The van der Waals surface area contributed by atoms with Crippen molar-refractivity contribution in [3.63, 3.8) is 0 Å². The minimum atomic E-state index is 0.0756. The van der Waals surface area contributed by atoms with E-state index in [2.05, 4.69) is 65.1 Å². The highest BCUT2D eigenvalue weighted by atomic mass is 32.2. The Bertz CT molecular complexity index is 456. The van der Waals surface area contributed by atoms with Crippen LogP contribution in [0.2, 0.25) is 0 Å². The number of nitrogens with one attached hydrogen (secondary N) is 1. The Morgan fingerprint density at radius 3 is 2.67 bits per heavy atom. The number of anilines is 1. The Balaban J connectivity index is 1.45. The van der Waals surface area contributed by atoms with Gasteiger partial charge in [-0.1, -0.05) is 20.8 Å². The average molecular weight is 306 g/mol. The second kappa shape index (κ2) is 6.13. The molecule has 2 fully saturated rings. The van der Waals surface area contributed by atoms with Crippen LogP contribution in [0.5, 0.6) is 0 Å². The van der Waals surface area contributed by atoms with E-state index in [4.69, 9.17) is 0 Å². The molecule has 116 valence electrons. The lowest BCUT2D eigenvalue weighted by Crippen LogP contribution is -2.52. The van der Waals surface area contributed by atoms with Crippen LogP contribution in [0.1, 0.15) is 32.9 Å². The summed E-state index contributed by atoms with van der Waals surface area (Å²) in [7, 11) is 0. The van der Waals surface area contributed by atoms with Gasteiger partial charge in [-0.15, -0.1) is 5.10 Å². The molecule has 0 aromatic carbocycles. The van der Waals surface area contributed by atoms with Crippen LogP contribution in [0.3, 0.4) is 0 Å². The van der Waals surface area contributed by atoms with Crippen LogP contribution in [0.25, 0.3) is 0 Å². The second-order valence-corrected chi connectivity index (χ2v) is 8.42. The van der Waals surface area contributed by atoms with Crippen molar-refractivity contribution in [1.82, 2.24) is 15.5 Å². The Hall–Kier alpha value is -0.810. The lowest BCUT2D eigenvalue weighted by molar-refractivity contribution is 0.365. The van der Waals surface area contributed by atoms with Gasteiger partial charge in [-0.3, -0.25) is 0 Å². The van der Waals surface area contributed by atoms with E-state index in [1.807, 2.05) is 0 Å². The number of aromatic nitrogens is 2. The van der Waals surface area contributed by atoms with Gasteiger partial charge in [0.2, 0.25) is 0 Å². The topological polar surface area (TPSA) is 41.0 Å². The van der Waals surface area contributed by atoms with E-state index >= 15 is 0 Å². The van der Waals surface area contributed by atoms with Crippen molar-refractivity contribution in [3.8, 4) is 0 Å². The molecule has 1 unspecified atom stereocenters. The Morgan fingerprint density at radius 1 is 1.29 bits per heavy atom. The number of rotatable bonds is 4. The fraction of sp³-hybridized carbons (Fsp3) is 0.750. The van der Waals surface area contributed by atoms with Crippen LogP contribution in [0.15, 0.2) is 12.1 Å². The lowest BCUT2D eigenvalue weighted by atomic mass is 9.92. The summed E-state index contributed by atoms with van der Waals surface area (Å²) < 4.78 is 0. The Morgan fingerprint density at radius 2 is 2.10 bits per heavy atom. The molecule has 0 aliphatic carbocycles. The standard InChI is InChI=1S/C16H26N4S/c1-16(2,3)14-4-5-15(19-18-14)20-9-12(10-20)8-17-13-6-7-21-11-13/h4-5,12-13,17H,6-11H2,1-3H3. The number of hydrogen-bond donors (Lipinski definition) is 1. The van der Waals surface area contributed by atoms with Gasteiger partial charge < -0.3 is 10.2 Å². The van der Waals surface area contributed by atoms with E-state index in [1.54, 1.807) is 0 Å². The third-order valence-electron chi connectivity index (χ3n) is 4.32. The zero-order valence-corrected chi connectivity index (χ0v) is 14.1. The van der Waals surface area contributed by atoms with Gasteiger partial charge in [0.1, 0.15) is 0 Å². The number of hydrogen-bond acceptors (Lipinski definition) is 5. The molecule has 0 bridgehead atoms. The number of nitrogens with zero attached hydrogens (tertiary/aromatic N) is 3. The molecule has 4 nitrogen and oxygen atoms in total. The van der Waals surface area contributed by atoms with E-state index in [9.17, 15) is 0 Å². The molecular formula is C16H26N4S. The molecule has 0 radical (unpaired) electrons. The van der Waals surface area contributed by atoms with Gasteiger partial charge in [-0.25, -0.2) is 0 Å². The minimum Gasteiger partial charge on any atom is -0.354 e. The predicted molar refractivity (Wildman–Crippen MR) is 90.2 cm³/mol. The van der Waals surface area contributed by atoms with E-state index in [0.29, 0.717) is 0 Å². The molecule has 0 amide bonds. The molecule has 3 heterocycles. The van der Waals surface area contributed by atoms with Crippen molar-refractivity contribution in [2.45, 2.75) is 38.6 Å². The summed E-state index contributed by atoms with van der Waals surface area (Å²) in [5.74, 6) is 4.40. The van der Waals surface area contributed by atoms with Crippen LogP contribution in [-0.2, 0) is 5.41 Å². The van der Waals surface area contributed by atoms with Gasteiger partial charge in [-0.2, -0.15) is 16.9 Å². The molecular weight excluding hydrogens is 280 g/mol. The molecule has 3 rings (SSSR count). The maximum absolute atomic E-state index is 4.39. The maximum Gasteiger partial charge on any atom is 0.151 e. The quantitative estimate of drug-likeness (QED) is 0.924. The van der Waals surface area contributed by atoms with Gasteiger partial charge in [-0.05, 0) is 24.3 Å². The average Bonchev–Trinajstić information content (AvgIpc) is 2.89. The number of thioether (sulfide) groups is 1. The van der Waals surface area contributed by atoms with Gasteiger partial charge in [0.05, 0.1) is 5.69 Å². The largest absolute Gasteiger partial charge is 0.354 e. The summed E-state index contributed by atoms with van der Waals surface area (Å²) in [5.41, 5.74) is 1.13. The van der Waals surface area contributed by atoms with Crippen molar-refractivity contribution < 1.29 is 0 Å². The van der Waals surface area contributed by atoms with Crippen molar-refractivity contribution in [2.75, 3.05) is 36.0 Å². The summed E-state index contributed by atoms with van der Waals surface area (Å²) >= 11 is 2.07. The first-order valence-corrected chi connectivity index (χ1v) is 9.08. The van der Waals surface area contributed by atoms with Crippen LogP contribution >= 0.6 is 11.8 Å². The smallest absolute Gasteiger partial charge is 0.151 e. The molecule has 5 heteroatoms. The second-order valence-electron chi connectivity index (χ2n) is 7.27. The normalized spacial score (nSPS) is 23.4. The van der Waals surface area contributed by atoms with Crippen LogP contribution in [0.4, 0.5) is 5.82 Å². The highest BCUT2D eigenvalue weighted by Crippen LogP contribution is 2.25. The fourth-order valence-electron chi connectivity index (χ4n) is 2.81. The molecule has 1 N–H and O–H groups in total. The van der Waals surface area contributed by atoms with Gasteiger partial charge >= 0.3 is 0 Å². The zero-order chi connectivity index (χ0) is 14.9. The van der Waals surface area contributed by atoms with E-state index in [-0.39, 0.29) is 5.41 Å². The highest BCUT2D eigenvalue weighted by molar-refractivity contribution is 7.99. The van der Waals surface area contributed by atoms with E-state index in [1.165, 1.54) is 17.9 Å². The lowest BCUT2D eigenvalue weighted by Gasteiger charge is -2.40. The molecule has 1 aromatic heterocycles. The third kappa shape index (κ3) is 3.69. The molecule has 1 aromatic rings. The van der Waals surface area contributed by atoms with Gasteiger partial charge in [0.25, 0.3) is 0 Å². The van der Waals surface area contributed by atoms with E-state index < -0.39 is 0 Å². The Labute approximate surface area is 132 Å². The summed E-state index contributed by atoms with van der Waals surface area (Å²) in [6.45, 7) is 9.87. The van der Waals surface area contributed by atoms with Crippen molar-refractivity contribution in [1.29, 1.82) is 0 Å². The molecule has 2 aliphatic heterocycles. The van der Waals surface area contributed by atoms with Crippen molar-refractivity contribution >= 4 is 17.6 Å². The van der Waals surface area contributed by atoms with Crippen LogP contribution in [-0.4, -0.2) is 47.4 Å². The predicted octanol–water partition coefficient (Wildman–Crippen LogP) is 2.31. The molecule has 0 saturated carbocycles. The SMILES string of the molecule is CC(C)(C)c1ccc(N2CC(CNC3CCSC3)C2)nn1. The summed E-state index contributed by atoms with van der Waals surface area (Å²) in [5, 5.41) is 12.5. The fourth-order valence-corrected chi connectivity index (χ4v) is 4.00. The Kier molecular flexibility index (Phi) is 4.41. The first kappa shape index (κ1) is 15.1.